The summed E-state index contributed by atoms with van der Waals surface area (Å²) in [6, 6.07) is 19.8. The molecule has 0 aliphatic carbocycles. The molecule has 0 saturated heterocycles. The van der Waals surface area contributed by atoms with Gasteiger partial charge in [0.1, 0.15) is 6.04 Å². The van der Waals surface area contributed by atoms with Gasteiger partial charge in [0.25, 0.3) is 0 Å². The van der Waals surface area contributed by atoms with E-state index in [0.717, 1.165) is 21.2 Å². The lowest BCUT2D eigenvalue weighted by molar-refractivity contribution is -0.157. The number of aromatic nitrogens is 1. The van der Waals surface area contributed by atoms with E-state index < -0.39 is 12.2 Å². The van der Waals surface area contributed by atoms with Crippen molar-refractivity contribution in [2.75, 3.05) is 0 Å². The average Bonchev–Trinajstić information content (AvgIpc) is 3.41. The second-order valence-corrected chi connectivity index (χ2v) is 9.64. The van der Waals surface area contributed by atoms with Crippen LogP contribution in [0.25, 0.3) is 21.0 Å². The molecule has 2 aromatic heterocycles. The van der Waals surface area contributed by atoms with Crippen LogP contribution in [0.1, 0.15) is 28.3 Å². The molecule has 0 saturated carbocycles. The fraction of sp³-hybridized carbons (Fsp3) is 0.148. The topological polar surface area (TPSA) is 40.8 Å². The first-order chi connectivity index (χ1) is 16.8. The summed E-state index contributed by atoms with van der Waals surface area (Å²) >= 11 is 7.50. The number of nitrogens with one attached hydrogen (secondary N) is 1. The second kappa shape index (κ2) is 9.38. The van der Waals surface area contributed by atoms with Crippen LogP contribution >= 0.6 is 22.9 Å². The summed E-state index contributed by atoms with van der Waals surface area (Å²) in [5, 5.41) is 16.0. The van der Waals surface area contributed by atoms with Crippen LogP contribution in [0.3, 0.4) is 0 Å². The molecule has 0 spiro atoms. The molecule has 0 radical (unpaired) electrons. The van der Waals surface area contributed by atoms with Crippen molar-refractivity contribution in [1.29, 1.82) is 5.26 Å². The van der Waals surface area contributed by atoms with E-state index in [-0.39, 0.29) is 12.1 Å². The molecule has 1 N–H and O–H groups in total. The highest BCUT2D eigenvalue weighted by molar-refractivity contribution is 7.17. The lowest BCUT2D eigenvalue weighted by atomic mass is 10.0. The van der Waals surface area contributed by atoms with Crippen LogP contribution in [0.5, 0.6) is 0 Å². The zero-order valence-electron chi connectivity index (χ0n) is 18.3. The Morgan fingerprint density at radius 3 is 2.54 bits per heavy atom. The molecule has 5 rings (SSSR count). The highest BCUT2D eigenvalue weighted by atomic mass is 35.5. The van der Waals surface area contributed by atoms with Crippen molar-refractivity contribution in [2.45, 2.75) is 25.3 Å². The van der Waals surface area contributed by atoms with Crippen molar-refractivity contribution in [1.82, 2.24) is 9.88 Å². The minimum absolute atomic E-state index is 0.0777. The van der Waals surface area contributed by atoms with Gasteiger partial charge in [-0.05, 0) is 52.2 Å². The molecule has 8 heteroatoms. The van der Waals surface area contributed by atoms with Gasteiger partial charge >= 0.3 is 6.18 Å². The molecular formula is C27H19ClF3N3S. The van der Waals surface area contributed by atoms with Crippen LogP contribution in [0, 0.1) is 11.3 Å². The Hall–Kier alpha value is -3.31. The first-order valence-corrected chi connectivity index (χ1v) is 12.1. The highest BCUT2D eigenvalue weighted by Crippen LogP contribution is 2.38. The van der Waals surface area contributed by atoms with Crippen LogP contribution in [0.2, 0.25) is 5.02 Å². The number of hydrogen-bond donors (Lipinski definition) is 1. The summed E-state index contributed by atoms with van der Waals surface area (Å²) in [7, 11) is 0. The van der Waals surface area contributed by atoms with E-state index >= 15 is 0 Å². The highest BCUT2D eigenvalue weighted by Gasteiger charge is 2.42. The maximum absolute atomic E-state index is 14.4. The number of benzene rings is 3. The van der Waals surface area contributed by atoms with Crippen molar-refractivity contribution >= 4 is 43.9 Å². The average molecular weight is 510 g/mol. The number of nitriles is 1. The number of fused-ring (bicyclic) bond motifs is 2. The molecule has 0 bridgehead atoms. The monoisotopic (exact) mass is 509 g/mol. The molecule has 0 amide bonds. The Labute approximate surface area is 209 Å². The summed E-state index contributed by atoms with van der Waals surface area (Å²) < 4.78 is 45.9. The third-order valence-corrected chi connectivity index (χ3v) is 7.27. The molecular weight excluding hydrogens is 491 g/mol. The molecule has 3 nitrogen and oxygen atoms in total. The second-order valence-electron chi connectivity index (χ2n) is 8.30. The van der Waals surface area contributed by atoms with Crippen molar-refractivity contribution in [3.63, 3.8) is 0 Å². The van der Waals surface area contributed by atoms with Gasteiger partial charge in [0.15, 0.2) is 0 Å². The van der Waals surface area contributed by atoms with Gasteiger partial charge in [-0.15, -0.1) is 11.3 Å². The van der Waals surface area contributed by atoms with Crippen LogP contribution in [-0.4, -0.2) is 10.7 Å². The Morgan fingerprint density at radius 2 is 1.80 bits per heavy atom. The van der Waals surface area contributed by atoms with Gasteiger partial charge in [-0.25, -0.2) is 0 Å². The standard InChI is InChI=1S/C27H19ClF3N3S/c28-20-8-5-17(6-9-20)14-34-15-23(22-10-7-18(12-32)11-24(22)34)26(27(29,30)31)33-13-19-16-35-25-4-2-1-3-21(19)25/h1-11,15-16,26,33H,13-14H2. The predicted molar refractivity (Wildman–Crippen MR) is 135 cm³/mol. The SMILES string of the molecule is N#Cc1ccc2c(C(NCc3csc4ccccc34)C(F)(F)F)cn(Cc3ccc(Cl)cc3)c2c1. The molecule has 1 unspecified atom stereocenters. The fourth-order valence-corrected chi connectivity index (χ4v) is 5.41. The third-order valence-electron chi connectivity index (χ3n) is 6.00. The maximum Gasteiger partial charge on any atom is 0.407 e. The minimum Gasteiger partial charge on any atom is -0.343 e. The van der Waals surface area contributed by atoms with Crippen molar-refractivity contribution in [3.05, 3.63) is 106 Å². The van der Waals surface area contributed by atoms with Gasteiger partial charge in [0.05, 0.1) is 11.6 Å². The molecule has 176 valence electrons. The van der Waals surface area contributed by atoms with Crippen molar-refractivity contribution in [3.8, 4) is 6.07 Å². The number of nitrogens with zero attached hydrogens (tertiary/aromatic N) is 2. The number of alkyl halides is 3. The van der Waals surface area contributed by atoms with E-state index in [1.54, 1.807) is 34.9 Å². The smallest absolute Gasteiger partial charge is 0.343 e. The van der Waals surface area contributed by atoms with Crippen LogP contribution in [-0.2, 0) is 13.1 Å². The van der Waals surface area contributed by atoms with E-state index in [1.165, 1.54) is 17.5 Å². The van der Waals surface area contributed by atoms with E-state index in [4.69, 9.17) is 11.6 Å². The number of halogens is 4. The van der Waals surface area contributed by atoms with E-state index in [1.807, 2.05) is 41.8 Å². The minimum atomic E-state index is -4.51. The van der Waals surface area contributed by atoms with Crippen molar-refractivity contribution in [2.24, 2.45) is 0 Å². The summed E-state index contributed by atoms with van der Waals surface area (Å²) in [5.41, 5.74) is 2.82. The Kier molecular flexibility index (Phi) is 6.28. The zero-order chi connectivity index (χ0) is 24.6. The summed E-state index contributed by atoms with van der Waals surface area (Å²) in [6.07, 6.45) is -2.98. The van der Waals surface area contributed by atoms with Gasteiger partial charge < -0.3 is 4.57 Å². The van der Waals surface area contributed by atoms with E-state index in [9.17, 15) is 18.4 Å². The Bertz CT molecular complexity index is 1540. The van der Waals surface area contributed by atoms with Crippen molar-refractivity contribution < 1.29 is 13.2 Å². The normalized spacial score (nSPS) is 12.8. The molecule has 3 aromatic carbocycles. The molecule has 0 aliphatic rings. The fourth-order valence-electron chi connectivity index (χ4n) is 4.32. The van der Waals surface area contributed by atoms with E-state index in [2.05, 4.69) is 11.4 Å². The lowest BCUT2D eigenvalue weighted by Crippen LogP contribution is -2.33. The summed E-state index contributed by atoms with van der Waals surface area (Å²) in [6.45, 7) is 0.427. The predicted octanol–water partition coefficient (Wildman–Crippen LogP) is 7.82. The first-order valence-electron chi connectivity index (χ1n) is 10.9. The van der Waals surface area contributed by atoms with Gasteiger partial charge in [-0.3, -0.25) is 5.32 Å². The Morgan fingerprint density at radius 1 is 1.03 bits per heavy atom. The molecule has 0 fully saturated rings. The molecule has 1 atom stereocenters. The number of rotatable bonds is 6. The molecule has 5 aromatic rings. The van der Waals surface area contributed by atoms with Gasteiger partial charge in [-0.2, -0.15) is 18.4 Å². The molecule has 35 heavy (non-hydrogen) atoms. The maximum atomic E-state index is 14.4. The number of hydrogen-bond acceptors (Lipinski definition) is 3. The van der Waals surface area contributed by atoms with Gasteiger partial charge in [0, 0.05) is 45.5 Å². The van der Waals surface area contributed by atoms with Gasteiger partial charge in [0.2, 0.25) is 0 Å². The lowest BCUT2D eigenvalue weighted by Gasteiger charge is -2.21. The molecule has 2 heterocycles. The largest absolute Gasteiger partial charge is 0.407 e. The van der Waals surface area contributed by atoms with E-state index in [0.29, 0.717) is 28.0 Å². The Balaban J connectivity index is 1.55. The quantitative estimate of drug-likeness (QED) is 0.253. The zero-order valence-corrected chi connectivity index (χ0v) is 19.9. The number of thiophene rings is 1. The van der Waals surface area contributed by atoms with Gasteiger partial charge in [-0.1, -0.05) is 48.0 Å². The summed E-state index contributed by atoms with van der Waals surface area (Å²) in [5.74, 6) is 0. The van der Waals surface area contributed by atoms with Crippen LogP contribution in [0.4, 0.5) is 13.2 Å². The molecule has 0 aliphatic heterocycles. The van der Waals surface area contributed by atoms with Crippen LogP contribution < -0.4 is 5.32 Å². The summed E-state index contributed by atoms with van der Waals surface area (Å²) in [4.78, 5) is 0. The van der Waals surface area contributed by atoms with Crippen LogP contribution in [0.15, 0.2) is 78.3 Å². The third kappa shape index (κ3) is 4.78. The first kappa shape index (κ1) is 23.4.